The maximum Gasteiger partial charge on any atom is 0.215 e. The number of imidazole rings is 1. The second kappa shape index (κ2) is 15.2. The molecule has 6 rings (SSSR count). The quantitative estimate of drug-likeness (QED) is 0.175. The topological polar surface area (TPSA) is 76.0 Å². The fraction of sp³-hybridized carbons (Fsp3) is 0.333. The highest BCUT2D eigenvalue weighted by atomic mass is 35.5. The number of nitrogens with one attached hydrogen (secondary N) is 2. The molecular weight excluding hydrogens is 667 g/mol. The number of halogens is 3. The minimum Gasteiger partial charge on any atom is -0.491 e. The maximum absolute atomic E-state index is 6.59. The summed E-state index contributed by atoms with van der Waals surface area (Å²) in [5.41, 5.74) is 2.69. The zero-order chi connectivity index (χ0) is 31.9. The lowest BCUT2D eigenvalue weighted by Crippen LogP contribution is -2.48. The van der Waals surface area contributed by atoms with E-state index in [0.717, 1.165) is 50.7 Å². The van der Waals surface area contributed by atoms with Gasteiger partial charge in [-0.25, -0.2) is 4.98 Å². The molecule has 2 unspecified atom stereocenters. The largest absolute Gasteiger partial charge is 0.491 e. The number of aromatic nitrogens is 2. The van der Waals surface area contributed by atoms with E-state index >= 15 is 0 Å². The second-order valence-electron chi connectivity index (χ2n) is 11.2. The number of hydrogen-bond donors (Lipinski definition) is 2. The van der Waals surface area contributed by atoms with Crippen LogP contribution in [0.1, 0.15) is 5.56 Å². The number of anilines is 2. The number of nitrogens with zero attached hydrogens (tertiary/aromatic N) is 4. The number of rotatable bonds is 11. The van der Waals surface area contributed by atoms with Gasteiger partial charge in [-0.1, -0.05) is 53.0 Å². The third-order valence-electron chi connectivity index (χ3n) is 8.00. The van der Waals surface area contributed by atoms with Crippen LogP contribution in [0.25, 0.3) is 0 Å². The molecule has 0 radical (unpaired) electrons. The first kappa shape index (κ1) is 32.8. The van der Waals surface area contributed by atoms with Crippen molar-refractivity contribution in [3.05, 3.63) is 106 Å². The minimum atomic E-state index is -1.09. The van der Waals surface area contributed by atoms with Gasteiger partial charge in [0.1, 0.15) is 18.5 Å². The number of ether oxygens (including phenoxy) is 3. The summed E-state index contributed by atoms with van der Waals surface area (Å²) < 4.78 is 20.8. The summed E-state index contributed by atoms with van der Waals surface area (Å²) in [4.78, 5) is 8.98. The van der Waals surface area contributed by atoms with E-state index in [4.69, 9.17) is 61.2 Å². The van der Waals surface area contributed by atoms with Crippen LogP contribution in [0.4, 0.5) is 11.4 Å². The first-order valence-electron chi connectivity index (χ1n) is 15.1. The van der Waals surface area contributed by atoms with Crippen LogP contribution in [0.3, 0.4) is 0 Å². The lowest BCUT2D eigenvalue weighted by Gasteiger charge is -2.36. The summed E-state index contributed by atoms with van der Waals surface area (Å²) in [6, 6.07) is 21.1. The summed E-state index contributed by atoms with van der Waals surface area (Å²) in [5, 5.41) is 8.67. The molecule has 0 amide bonds. The van der Waals surface area contributed by atoms with Gasteiger partial charge >= 0.3 is 0 Å². The Morgan fingerprint density at radius 1 is 1.00 bits per heavy atom. The van der Waals surface area contributed by atoms with Crippen molar-refractivity contribution in [2.45, 2.75) is 18.4 Å². The third-order valence-corrected chi connectivity index (χ3v) is 9.12. The van der Waals surface area contributed by atoms with Crippen LogP contribution in [0.2, 0.25) is 15.1 Å². The van der Waals surface area contributed by atoms with Crippen LogP contribution < -0.4 is 20.3 Å². The molecular formula is C33H35Cl3N6O3S. The van der Waals surface area contributed by atoms with Gasteiger partial charge in [-0.05, 0) is 60.7 Å². The summed E-state index contributed by atoms with van der Waals surface area (Å²) in [6.45, 7) is 6.59. The van der Waals surface area contributed by atoms with Crippen molar-refractivity contribution in [2.24, 2.45) is 0 Å². The zero-order valence-corrected chi connectivity index (χ0v) is 28.2. The zero-order valence-electron chi connectivity index (χ0n) is 25.1. The Hall–Kier alpha value is -3.09. The van der Waals surface area contributed by atoms with Crippen LogP contribution in [0.15, 0.2) is 85.5 Å². The molecule has 0 saturated carbocycles. The van der Waals surface area contributed by atoms with Gasteiger partial charge < -0.3 is 34.3 Å². The molecule has 0 bridgehead atoms. The number of hydrogen-bond acceptors (Lipinski definition) is 7. The Bertz CT molecular complexity index is 1600. The predicted molar refractivity (Wildman–Crippen MR) is 187 cm³/mol. The standard InChI is InChI=1S/C33H35Cl3N6O3S/c34-24-5-10-28(30(36)19-24)33(22-41-13-11-37-23-41)44-21-27(45-33)20-43-26-8-6-25(7-9-26)42-17-15-40(16-18-42)14-12-38-32(46)39-31-4-2-1-3-29(31)35/h1-11,13,19,23,27H,12,14-18,20-22H2,(H2,38,39,46). The molecule has 1 aromatic heterocycles. The highest BCUT2D eigenvalue weighted by molar-refractivity contribution is 7.80. The fourth-order valence-electron chi connectivity index (χ4n) is 5.60. The summed E-state index contributed by atoms with van der Waals surface area (Å²) in [7, 11) is 0. The molecule has 4 aromatic rings. The normalized spacial score (nSPS) is 20.1. The van der Waals surface area contributed by atoms with Crippen LogP contribution in [0, 0.1) is 0 Å². The molecule has 3 aromatic carbocycles. The predicted octanol–water partition coefficient (Wildman–Crippen LogP) is 6.30. The third kappa shape index (κ3) is 8.24. The molecule has 2 aliphatic rings. The first-order valence-corrected chi connectivity index (χ1v) is 16.6. The molecule has 13 heteroatoms. The fourth-order valence-corrected chi connectivity index (χ4v) is 6.55. The van der Waals surface area contributed by atoms with Crippen molar-refractivity contribution in [2.75, 3.05) is 62.7 Å². The maximum atomic E-state index is 6.59. The number of piperazine rings is 1. The molecule has 0 spiro atoms. The monoisotopic (exact) mass is 700 g/mol. The van der Waals surface area contributed by atoms with Gasteiger partial charge in [-0.3, -0.25) is 4.90 Å². The van der Waals surface area contributed by atoms with E-state index in [-0.39, 0.29) is 6.10 Å². The first-order chi connectivity index (χ1) is 22.4. The molecule has 2 fully saturated rings. The molecule has 9 nitrogen and oxygen atoms in total. The van der Waals surface area contributed by atoms with Crippen molar-refractivity contribution >= 4 is 63.5 Å². The van der Waals surface area contributed by atoms with Crippen LogP contribution in [-0.4, -0.2) is 78.1 Å². The van der Waals surface area contributed by atoms with Crippen molar-refractivity contribution < 1.29 is 14.2 Å². The molecule has 0 aliphatic carbocycles. The molecule has 2 aliphatic heterocycles. The van der Waals surface area contributed by atoms with Crippen molar-refractivity contribution in [3.8, 4) is 5.75 Å². The van der Waals surface area contributed by atoms with Crippen molar-refractivity contribution in [1.82, 2.24) is 19.8 Å². The lowest BCUT2D eigenvalue weighted by atomic mass is 10.1. The van der Waals surface area contributed by atoms with Gasteiger partial charge in [0.2, 0.25) is 5.79 Å². The van der Waals surface area contributed by atoms with Gasteiger partial charge in [0.25, 0.3) is 0 Å². The molecule has 2 atom stereocenters. The van der Waals surface area contributed by atoms with Crippen molar-refractivity contribution in [1.29, 1.82) is 0 Å². The van der Waals surface area contributed by atoms with Crippen LogP contribution in [-0.2, 0) is 21.8 Å². The van der Waals surface area contributed by atoms with Gasteiger partial charge in [0, 0.05) is 67.9 Å². The lowest BCUT2D eigenvalue weighted by molar-refractivity contribution is -0.189. The highest BCUT2D eigenvalue weighted by Crippen LogP contribution is 2.40. The van der Waals surface area contributed by atoms with Gasteiger partial charge in [0.15, 0.2) is 5.11 Å². The van der Waals surface area contributed by atoms with Gasteiger partial charge in [-0.2, -0.15) is 0 Å². The van der Waals surface area contributed by atoms with E-state index in [1.165, 1.54) is 5.69 Å². The highest BCUT2D eigenvalue weighted by Gasteiger charge is 2.45. The average Bonchev–Trinajstić information content (AvgIpc) is 3.72. The Labute approximate surface area is 289 Å². The van der Waals surface area contributed by atoms with E-state index in [1.807, 2.05) is 53.2 Å². The smallest absolute Gasteiger partial charge is 0.215 e. The SMILES string of the molecule is S=C(NCCN1CCN(c2ccc(OCC3COC(Cn4ccnc4)(c4ccc(Cl)cc4Cl)O3)cc2)CC1)Nc1ccccc1Cl. The molecule has 242 valence electrons. The van der Waals surface area contributed by atoms with Crippen LogP contribution in [0.5, 0.6) is 5.75 Å². The Morgan fingerprint density at radius 3 is 2.54 bits per heavy atom. The minimum absolute atomic E-state index is 0.293. The van der Waals surface area contributed by atoms with E-state index in [9.17, 15) is 0 Å². The summed E-state index contributed by atoms with van der Waals surface area (Å²) >= 11 is 24.4. The molecule has 46 heavy (non-hydrogen) atoms. The Kier molecular flexibility index (Phi) is 10.9. The number of para-hydroxylation sites is 1. The number of thiocarbonyl (C=S) groups is 1. The second-order valence-corrected chi connectivity index (χ2v) is 12.8. The van der Waals surface area contributed by atoms with Gasteiger partial charge in [-0.15, -0.1) is 0 Å². The van der Waals surface area contributed by atoms with Crippen LogP contribution >= 0.6 is 47.0 Å². The van der Waals surface area contributed by atoms with E-state index in [1.54, 1.807) is 24.7 Å². The average molecular weight is 702 g/mol. The summed E-state index contributed by atoms with van der Waals surface area (Å²) in [6.07, 6.45) is 5.01. The molecule has 2 saturated heterocycles. The van der Waals surface area contributed by atoms with Crippen molar-refractivity contribution in [3.63, 3.8) is 0 Å². The molecule has 3 heterocycles. The van der Waals surface area contributed by atoms with Gasteiger partial charge in [0.05, 0.1) is 35.2 Å². The van der Waals surface area contributed by atoms with E-state index in [2.05, 4.69) is 37.6 Å². The summed E-state index contributed by atoms with van der Waals surface area (Å²) in [5.74, 6) is -0.312. The molecule has 2 N–H and O–H groups in total. The number of benzene rings is 3. The van der Waals surface area contributed by atoms with E-state index in [0.29, 0.717) is 45.5 Å². The Morgan fingerprint density at radius 2 is 1.80 bits per heavy atom. The Balaban J connectivity index is 0.952. The van der Waals surface area contributed by atoms with E-state index < -0.39 is 5.79 Å².